The molecule has 4 nitrogen and oxygen atoms in total. The normalized spacial score (nSPS) is 11.4. The van der Waals surface area contributed by atoms with E-state index in [1.54, 1.807) is 7.05 Å². The monoisotopic (exact) mass is 301 g/mol. The van der Waals surface area contributed by atoms with Crippen molar-refractivity contribution in [2.75, 3.05) is 33.2 Å². The number of amides is 1. The zero-order valence-corrected chi connectivity index (χ0v) is 13.6. The number of likely N-dealkylation sites (N-methyl/N-ethyl adjacent to an activating group) is 1. The molecule has 1 amide bonds. The van der Waals surface area contributed by atoms with Gasteiger partial charge < -0.3 is 15.5 Å². The molecule has 0 saturated heterocycles. The smallest absolute Gasteiger partial charge is 0.234 e. The lowest BCUT2D eigenvalue weighted by atomic mass is 10.1. The Morgan fingerprint density at radius 3 is 2.22 bits per heavy atom. The van der Waals surface area contributed by atoms with Crippen molar-refractivity contribution in [3.05, 3.63) is 0 Å². The zero-order valence-electron chi connectivity index (χ0n) is 12.0. The second-order valence-electron chi connectivity index (χ2n) is 4.17. The van der Waals surface area contributed by atoms with Gasteiger partial charge >= 0.3 is 0 Å². The van der Waals surface area contributed by atoms with E-state index in [0.29, 0.717) is 6.54 Å². The molecule has 2 N–H and O–H groups in total. The molecule has 0 heterocycles. The van der Waals surface area contributed by atoms with Gasteiger partial charge in [0.1, 0.15) is 0 Å². The summed E-state index contributed by atoms with van der Waals surface area (Å²) in [6, 6.07) is 0.274. The van der Waals surface area contributed by atoms with E-state index < -0.39 is 0 Å². The van der Waals surface area contributed by atoms with Crippen LogP contribution >= 0.6 is 24.8 Å². The Morgan fingerprint density at radius 2 is 1.78 bits per heavy atom. The molecule has 0 radical (unpaired) electrons. The molecular formula is C12H29Cl2N3O. The van der Waals surface area contributed by atoms with Crippen molar-refractivity contribution in [2.45, 2.75) is 39.7 Å². The number of nitrogens with one attached hydrogen (secondary N) is 2. The number of hydrogen-bond donors (Lipinski definition) is 2. The van der Waals surface area contributed by atoms with E-state index in [4.69, 9.17) is 0 Å². The number of carbonyl (C=O) groups is 1. The highest BCUT2D eigenvalue weighted by atomic mass is 35.5. The van der Waals surface area contributed by atoms with Crippen LogP contribution in [0.5, 0.6) is 0 Å². The molecule has 0 spiro atoms. The predicted molar refractivity (Wildman–Crippen MR) is 83.0 cm³/mol. The molecule has 1 atom stereocenters. The molecule has 0 aliphatic heterocycles. The molecule has 1 unspecified atom stereocenters. The number of carbonyl (C=O) groups excluding carboxylic acids is 1. The third kappa shape index (κ3) is 12.4. The van der Waals surface area contributed by atoms with Crippen LogP contribution < -0.4 is 10.6 Å². The van der Waals surface area contributed by atoms with Crippen LogP contribution in [0, 0.1) is 0 Å². The Labute approximate surface area is 124 Å². The lowest BCUT2D eigenvalue weighted by Gasteiger charge is -2.19. The summed E-state index contributed by atoms with van der Waals surface area (Å²) in [5, 5.41) is 5.82. The van der Waals surface area contributed by atoms with Crippen molar-refractivity contribution in [3.63, 3.8) is 0 Å². The van der Waals surface area contributed by atoms with Crippen LogP contribution in [0.25, 0.3) is 0 Å². The second kappa shape index (κ2) is 15.0. The fourth-order valence-electron chi connectivity index (χ4n) is 1.72. The van der Waals surface area contributed by atoms with Gasteiger partial charge in [-0.1, -0.05) is 13.8 Å². The van der Waals surface area contributed by atoms with E-state index in [0.717, 1.165) is 32.5 Å². The quantitative estimate of drug-likeness (QED) is 0.681. The molecule has 0 aromatic heterocycles. The first-order valence-electron chi connectivity index (χ1n) is 6.30. The first-order valence-corrected chi connectivity index (χ1v) is 6.30. The summed E-state index contributed by atoms with van der Waals surface area (Å²) in [6.45, 7) is 10.2. The molecule has 0 aliphatic rings. The fraction of sp³-hybridized carbons (Fsp3) is 0.917. The second-order valence-corrected chi connectivity index (χ2v) is 4.17. The Hall–Kier alpha value is -0.0300. The van der Waals surface area contributed by atoms with E-state index in [1.165, 1.54) is 0 Å². The summed E-state index contributed by atoms with van der Waals surface area (Å²) in [5.74, 6) is 0.0813. The Kier molecular flexibility index (Phi) is 19.3. The van der Waals surface area contributed by atoms with Crippen molar-refractivity contribution in [3.8, 4) is 0 Å². The summed E-state index contributed by atoms with van der Waals surface area (Å²) in [5.41, 5.74) is 0. The fourth-order valence-corrected chi connectivity index (χ4v) is 1.72. The lowest BCUT2D eigenvalue weighted by molar-refractivity contribution is -0.120. The molecular weight excluding hydrogens is 273 g/mol. The first kappa shape index (κ1) is 23.1. The van der Waals surface area contributed by atoms with Crippen LogP contribution in [0.15, 0.2) is 0 Å². The van der Waals surface area contributed by atoms with Gasteiger partial charge in [-0.2, -0.15) is 0 Å². The molecule has 0 fully saturated rings. The summed E-state index contributed by atoms with van der Waals surface area (Å²) in [7, 11) is 1.78. The van der Waals surface area contributed by atoms with Crippen LogP contribution in [-0.4, -0.2) is 50.1 Å². The maximum Gasteiger partial charge on any atom is 0.234 e. The number of halogens is 2. The highest BCUT2D eigenvalue weighted by molar-refractivity contribution is 5.85. The van der Waals surface area contributed by atoms with Gasteiger partial charge in [0.25, 0.3) is 0 Å². The number of nitrogens with zero attached hydrogens (tertiary/aromatic N) is 1. The summed E-state index contributed by atoms with van der Waals surface area (Å²) >= 11 is 0. The standard InChI is InChI=1S/C12H27N3O.2ClH/c1-5-15(6-2)9-7-8-11(3)14-12(16)10-13-4;;/h11,13H,5-10H2,1-4H3,(H,14,16);2*1H. The minimum absolute atomic E-state index is 0. The molecule has 0 rings (SSSR count). The lowest BCUT2D eigenvalue weighted by Crippen LogP contribution is -2.38. The molecule has 112 valence electrons. The van der Waals surface area contributed by atoms with Crippen molar-refractivity contribution in [1.29, 1.82) is 0 Å². The van der Waals surface area contributed by atoms with Crippen LogP contribution in [0.2, 0.25) is 0 Å². The van der Waals surface area contributed by atoms with Crippen LogP contribution in [-0.2, 0) is 4.79 Å². The van der Waals surface area contributed by atoms with E-state index in [1.807, 2.05) is 0 Å². The summed E-state index contributed by atoms with van der Waals surface area (Å²) < 4.78 is 0. The topological polar surface area (TPSA) is 44.4 Å². The third-order valence-corrected chi connectivity index (χ3v) is 2.75. The van der Waals surface area contributed by atoms with Crippen molar-refractivity contribution >= 4 is 30.7 Å². The van der Waals surface area contributed by atoms with E-state index >= 15 is 0 Å². The molecule has 0 saturated carbocycles. The Bertz CT molecular complexity index is 190. The minimum atomic E-state index is 0. The Balaban J connectivity index is -0.00000112. The van der Waals surface area contributed by atoms with E-state index in [-0.39, 0.29) is 36.8 Å². The van der Waals surface area contributed by atoms with Gasteiger partial charge in [0.05, 0.1) is 6.54 Å². The molecule has 18 heavy (non-hydrogen) atoms. The average Bonchev–Trinajstić information content (AvgIpc) is 2.24. The van der Waals surface area contributed by atoms with Gasteiger partial charge in [-0.15, -0.1) is 24.8 Å². The highest BCUT2D eigenvalue weighted by Gasteiger charge is 2.06. The van der Waals surface area contributed by atoms with Gasteiger partial charge in [0.15, 0.2) is 0 Å². The molecule has 0 aliphatic carbocycles. The van der Waals surface area contributed by atoms with Crippen LogP contribution in [0.3, 0.4) is 0 Å². The van der Waals surface area contributed by atoms with Gasteiger partial charge in [-0.05, 0) is 46.4 Å². The maximum atomic E-state index is 11.3. The van der Waals surface area contributed by atoms with E-state index in [2.05, 4.69) is 36.3 Å². The summed E-state index contributed by atoms with van der Waals surface area (Å²) in [4.78, 5) is 13.7. The van der Waals surface area contributed by atoms with Gasteiger partial charge in [-0.3, -0.25) is 4.79 Å². The van der Waals surface area contributed by atoms with Gasteiger partial charge in [-0.25, -0.2) is 0 Å². The van der Waals surface area contributed by atoms with E-state index in [9.17, 15) is 4.79 Å². The first-order chi connectivity index (χ1) is 7.63. The predicted octanol–water partition coefficient (Wildman–Crippen LogP) is 1.68. The molecule has 0 bridgehead atoms. The van der Waals surface area contributed by atoms with Crippen LogP contribution in [0.1, 0.15) is 33.6 Å². The van der Waals surface area contributed by atoms with Crippen molar-refractivity contribution in [1.82, 2.24) is 15.5 Å². The van der Waals surface area contributed by atoms with Crippen molar-refractivity contribution < 1.29 is 4.79 Å². The maximum absolute atomic E-state index is 11.3. The van der Waals surface area contributed by atoms with Gasteiger partial charge in [0.2, 0.25) is 5.91 Å². The summed E-state index contributed by atoms with van der Waals surface area (Å²) in [6.07, 6.45) is 2.19. The molecule has 0 aromatic carbocycles. The number of hydrogen-bond acceptors (Lipinski definition) is 3. The third-order valence-electron chi connectivity index (χ3n) is 2.75. The molecule has 0 aromatic rings. The highest BCUT2D eigenvalue weighted by Crippen LogP contribution is 1.99. The van der Waals surface area contributed by atoms with Gasteiger partial charge in [0, 0.05) is 6.04 Å². The average molecular weight is 302 g/mol. The number of rotatable bonds is 9. The van der Waals surface area contributed by atoms with Crippen molar-refractivity contribution in [2.24, 2.45) is 0 Å². The zero-order chi connectivity index (χ0) is 12.4. The van der Waals surface area contributed by atoms with Crippen LogP contribution in [0.4, 0.5) is 0 Å². The largest absolute Gasteiger partial charge is 0.353 e. The minimum Gasteiger partial charge on any atom is -0.353 e. The SMILES string of the molecule is CCN(CC)CCCC(C)NC(=O)CNC.Cl.Cl. The molecule has 6 heteroatoms. The Morgan fingerprint density at radius 1 is 1.22 bits per heavy atom.